The van der Waals surface area contributed by atoms with Crippen LogP contribution in [0.3, 0.4) is 0 Å². The number of unbranched alkanes of at least 4 members (excludes halogenated alkanes) is 6. The molecule has 0 unspecified atom stereocenters. The molecule has 4 rings (SSSR count). The van der Waals surface area contributed by atoms with Gasteiger partial charge in [-0.2, -0.15) is 13.2 Å². The third-order valence-corrected chi connectivity index (χ3v) is 7.44. The minimum atomic E-state index is -6.09. The lowest BCUT2D eigenvalue weighted by Gasteiger charge is -2.10. The van der Waals surface area contributed by atoms with Gasteiger partial charge in [0, 0.05) is 36.0 Å². The first-order valence-corrected chi connectivity index (χ1v) is 15.7. The lowest BCUT2D eigenvalue weighted by Crippen LogP contribution is -2.32. The molecule has 12 heteroatoms. The standard InChI is InChI=1S/C31H37N2O3.CHF3O3S/c1-35-31(34)30-24-27-23-28(36-25-26-15-9-7-10-16-26)17-18-29(27)33(30)22-14-6-4-2-3-5-11-19-32-20-12-8-13-21-32;2-1(3,4)8(5,6)7/h7-10,12-13,15-18,20-21,23-24H,2-6,11,14,19,22,25H2,1H3;(H,5,6,7)/q+1;/p-1. The molecule has 0 amide bonds. The van der Waals surface area contributed by atoms with E-state index in [1.165, 1.54) is 39.2 Å². The second-order valence-corrected chi connectivity index (χ2v) is 11.5. The van der Waals surface area contributed by atoms with E-state index in [-0.39, 0.29) is 5.97 Å². The Hall–Kier alpha value is -3.90. The minimum absolute atomic E-state index is 0.297. The predicted octanol–water partition coefficient (Wildman–Crippen LogP) is 6.78. The maximum absolute atomic E-state index is 12.5. The monoisotopic (exact) mass is 634 g/mol. The molecule has 0 N–H and O–H groups in total. The summed E-state index contributed by atoms with van der Waals surface area (Å²) in [5.74, 6) is 0.500. The Morgan fingerprint density at radius 1 is 0.864 bits per heavy atom. The van der Waals surface area contributed by atoms with Crippen LogP contribution in [0.25, 0.3) is 10.9 Å². The molecule has 0 aliphatic heterocycles. The normalized spacial score (nSPS) is 11.6. The van der Waals surface area contributed by atoms with Gasteiger partial charge >= 0.3 is 11.5 Å². The van der Waals surface area contributed by atoms with Crippen LogP contribution >= 0.6 is 0 Å². The zero-order chi connectivity index (χ0) is 32.0. The van der Waals surface area contributed by atoms with Crippen molar-refractivity contribution >= 4 is 27.0 Å². The van der Waals surface area contributed by atoms with Gasteiger partial charge in [-0.05, 0) is 42.7 Å². The molecular weight excluding hydrogens is 597 g/mol. The Balaban J connectivity index is 0.000000583. The number of ether oxygens (including phenoxy) is 2. The Labute approximate surface area is 255 Å². The van der Waals surface area contributed by atoms with Crippen molar-refractivity contribution in [3.8, 4) is 5.75 Å². The van der Waals surface area contributed by atoms with Gasteiger partial charge in [-0.15, -0.1) is 0 Å². The average Bonchev–Trinajstić information content (AvgIpc) is 3.37. The van der Waals surface area contributed by atoms with E-state index in [1.54, 1.807) is 0 Å². The van der Waals surface area contributed by atoms with Crippen molar-refractivity contribution in [1.82, 2.24) is 4.57 Å². The van der Waals surface area contributed by atoms with Gasteiger partial charge in [0.15, 0.2) is 22.5 Å². The van der Waals surface area contributed by atoms with Crippen LogP contribution in [0.2, 0.25) is 0 Å². The molecule has 2 aromatic heterocycles. The molecule has 0 bridgehead atoms. The number of alkyl halides is 3. The highest BCUT2D eigenvalue weighted by atomic mass is 32.2. The van der Waals surface area contributed by atoms with Crippen molar-refractivity contribution in [1.29, 1.82) is 0 Å². The van der Waals surface area contributed by atoms with Crippen LogP contribution in [0.1, 0.15) is 61.0 Å². The number of carbonyl (C=O) groups is 1. The van der Waals surface area contributed by atoms with Crippen LogP contribution in [-0.4, -0.2) is 36.1 Å². The average molecular weight is 635 g/mol. The summed E-state index contributed by atoms with van der Waals surface area (Å²) < 4.78 is 74.3. The number of carbonyl (C=O) groups excluding carboxylic acids is 1. The summed E-state index contributed by atoms with van der Waals surface area (Å²) in [4.78, 5) is 12.5. The Morgan fingerprint density at radius 2 is 1.45 bits per heavy atom. The minimum Gasteiger partial charge on any atom is -0.741 e. The van der Waals surface area contributed by atoms with E-state index in [0.29, 0.717) is 12.3 Å². The second kappa shape index (κ2) is 16.8. The molecule has 0 fully saturated rings. The van der Waals surface area contributed by atoms with Gasteiger partial charge < -0.3 is 18.6 Å². The SMILES string of the molecule is COC(=O)c1cc2cc(OCc3ccccc3)ccc2n1CCCCCCCCC[n+]1ccccc1.O=S(=O)([O-])C(F)(F)F. The number of nitrogens with zero attached hydrogens (tertiary/aromatic N) is 2. The number of benzene rings is 2. The van der Waals surface area contributed by atoms with Gasteiger partial charge in [0.2, 0.25) is 0 Å². The summed E-state index contributed by atoms with van der Waals surface area (Å²) in [6, 6.07) is 24.3. The number of pyridine rings is 1. The number of esters is 1. The van der Waals surface area contributed by atoms with Gasteiger partial charge in [0.1, 0.15) is 24.6 Å². The van der Waals surface area contributed by atoms with Crippen LogP contribution in [-0.2, 0) is 34.6 Å². The van der Waals surface area contributed by atoms with Gasteiger partial charge in [-0.25, -0.2) is 17.8 Å². The summed E-state index contributed by atoms with van der Waals surface area (Å²) in [5.41, 5.74) is -2.88. The fourth-order valence-electron chi connectivity index (χ4n) is 4.63. The molecule has 0 saturated heterocycles. The fourth-order valence-corrected chi connectivity index (χ4v) is 4.63. The van der Waals surface area contributed by atoms with E-state index in [2.05, 4.69) is 39.7 Å². The molecule has 0 radical (unpaired) electrons. The molecule has 0 aliphatic rings. The first-order chi connectivity index (χ1) is 21.0. The highest BCUT2D eigenvalue weighted by Gasteiger charge is 2.36. The summed E-state index contributed by atoms with van der Waals surface area (Å²) in [5, 5.41) is 0.997. The number of aromatic nitrogens is 2. The van der Waals surface area contributed by atoms with Gasteiger partial charge in [-0.1, -0.05) is 62.1 Å². The molecule has 2 aromatic carbocycles. The van der Waals surface area contributed by atoms with Crippen molar-refractivity contribution in [3.05, 3.63) is 96.4 Å². The van der Waals surface area contributed by atoms with Crippen LogP contribution in [0.15, 0.2) is 85.2 Å². The molecule has 8 nitrogen and oxygen atoms in total. The third kappa shape index (κ3) is 11.0. The first kappa shape index (κ1) is 34.6. The van der Waals surface area contributed by atoms with E-state index in [4.69, 9.17) is 22.4 Å². The molecule has 4 aromatic rings. The van der Waals surface area contributed by atoms with E-state index < -0.39 is 15.6 Å². The van der Waals surface area contributed by atoms with Crippen LogP contribution in [0, 0.1) is 0 Å². The maximum atomic E-state index is 12.5. The van der Waals surface area contributed by atoms with Crippen molar-refractivity contribution < 1.29 is 45.0 Å². The molecular formula is C32H37F3N2O6S. The van der Waals surface area contributed by atoms with Gasteiger partial charge in [0.05, 0.1) is 7.11 Å². The van der Waals surface area contributed by atoms with Gasteiger partial charge in [-0.3, -0.25) is 0 Å². The van der Waals surface area contributed by atoms with Crippen LogP contribution in [0.4, 0.5) is 13.2 Å². The van der Waals surface area contributed by atoms with Gasteiger partial charge in [0.25, 0.3) is 0 Å². The molecule has 0 spiro atoms. The Kier molecular flexibility index (Phi) is 13.2. The van der Waals surface area contributed by atoms with Crippen LogP contribution < -0.4 is 9.30 Å². The van der Waals surface area contributed by atoms with E-state index in [9.17, 15) is 18.0 Å². The first-order valence-electron chi connectivity index (χ1n) is 14.3. The third-order valence-electron chi connectivity index (χ3n) is 6.87. The number of halogens is 3. The zero-order valence-corrected chi connectivity index (χ0v) is 25.4. The van der Waals surface area contributed by atoms with Crippen molar-refractivity contribution in [2.24, 2.45) is 0 Å². The highest BCUT2D eigenvalue weighted by Crippen LogP contribution is 2.27. The topological polar surface area (TPSA) is 102 Å². The van der Waals surface area contributed by atoms with E-state index >= 15 is 0 Å². The Morgan fingerprint density at radius 3 is 2.07 bits per heavy atom. The predicted molar refractivity (Wildman–Crippen MR) is 159 cm³/mol. The molecule has 44 heavy (non-hydrogen) atoms. The second-order valence-electron chi connectivity index (χ2n) is 10.2. The van der Waals surface area contributed by atoms with Crippen LogP contribution in [0.5, 0.6) is 5.75 Å². The molecule has 2 heterocycles. The summed E-state index contributed by atoms with van der Waals surface area (Å²) in [7, 11) is -4.65. The van der Waals surface area contributed by atoms with E-state index in [0.717, 1.165) is 48.1 Å². The maximum Gasteiger partial charge on any atom is 0.485 e. The largest absolute Gasteiger partial charge is 0.741 e. The molecule has 0 saturated carbocycles. The summed E-state index contributed by atoms with van der Waals surface area (Å²) in [6.07, 6.45) is 12.7. The van der Waals surface area contributed by atoms with Crippen molar-refractivity contribution in [2.75, 3.05) is 7.11 Å². The number of hydrogen-bond donors (Lipinski definition) is 0. The number of hydrogen-bond acceptors (Lipinski definition) is 6. The number of methoxy groups -OCH3 is 1. The summed E-state index contributed by atoms with van der Waals surface area (Å²) >= 11 is 0. The molecule has 0 atom stereocenters. The van der Waals surface area contributed by atoms with Crippen molar-refractivity contribution in [2.45, 2.75) is 70.2 Å². The lowest BCUT2D eigenvalue weighted by molar-refractivity contribution is -0.697. The van der Waals surface area contributed by atoms with E-state index in [1.807, 2.05) is 54.6 Å². The highest BCUT2D eigenvalue weighted by molar-refractivity contribution is 7.86. The molecule has 0 aliphatic carbocycles. The number of rotatable bonds is 14. The lowest BCUT2D eigenvalue weighted by atomic mass is 10.1. The smallest absolute Gasteiger partial charge is 0.485 e. The fraction of sp³-hybridized carbons (Fsp3) is 0.375. The molecule has 238 valence electrons. The summed E-state index contributed by atoms with van der Waals surface area (Å²) in [6.45, 7) is 2.42. The number of fused-ring (bicyclic) bond motifs is 1. The number of aryl methyl sites for hydroxylation is 2. The Bertz CT molecular complexity index is 1560. The zero-order valence-electron chi connectivity index (χ0n) is 24.5. The van der Waals surface area contributed by atoms with Crippen molar-refractivity contribution in [3.63, 3.8) is 0 Å². The quantitative estimate of drug-likeness (QED) is 0.0499.